The van der Waals surface area contributed by atoms with Crippen molar-refractivity contribution in [2.75, 3.05) is 9.80 Å². The highest BCUT2D eigenvalue weighted by Crippen LogP contribution is 2.42. The van der Waals surface area contributed by atoms with Crippen LogP contribution in [-0.4, -0.2) is 19.1 Å². The Morgan fingerprint density at radius 1 is 0.282 bits per heavy atom. The predicted molar refractivity (Wildman–Crippen MR) is 327 cm³/mol. The van der Waals surface area contributed by atoms with Crippen LogP contribution in [0.15, 0.2) is 267 Å². The van der Waals surface area contributed by atoms with Gasteiger partial charge in [0, 0.05) is 78.2 Å². The van der Waals surface area contributed by atoms with Crippen LogP contribution in [0.4, 0.5) is 34.1 Å². The molecule has 78 heavy (non-hydrogen) atoms. The van der Waals surface area contributed by atoms with Gasteiger partial charge in [0.15, 0.2) is 0 Å². The summed E-state index contributed by atoms with van der Waals surface area (Å²) in [6.45, 7) is 4.40. The molecule has 3 aromatic heterocycles. The summed E-state index contributed by atoms with van der Waals surface area (Å²) < 4.78 is 4.73. The summed E-state index contributed by atoms with van der Waals surface area (Å²) in [6.07, 6.45) is 1.72. The van der Waals surface area contributed by atoms with Gasteiger partial charge in [-0.2, -0.15) is 0 Å². The molecule has 3 heterocycles. The van der Waals surface area contributed by atoms with Crippen LogP contribution >= 0.6 is 0 Å². The van der Waals surface area contributed by atoms with Crippen LogP contribution in [0.3, 0.4) is 0 Å². The molecule has 11 aromatic carbocycles. The first-order valence-corrected chi connectivity index (χ1v) is 27.0. The molecular formula is C72H54N6. The number of anilines is 6. The number of rotatable bonds is 12. The Balaban J connectivity index is 0.842. The van der Waals surface area contributed by atoms with Crippen LogP contribution in [0.1, 0.15) is 25.0 Å². The van der Waals surface area contributed by atoms with Crippen LogP contribution in [0.5, 0.6) is 0 Å². The van der Waals surface area contributed by atoms with Crippen molar-refractivity contribution >= 4 is 88.8 Å². The van der Waals surface area contributed by atoms with E-state index in [0.29, 0.717) is 0 Å². The van der Waals surface area contributed by atoms with Gasteiger partial charge in [-0.1, -0.05) is 159 Å². The highest BCUT2D eigenvalue weighted by atomic mass is 15.1. The van der Waals surface area contributed by atoms with E-state index in [2.05, 4.69) is 300 Å². The summed E-state index contributed by atoms with van der Waals surface area (Å²) in [6, 6.07) is 95.9. The van der Waals surface area contributed by atoms with Crippen LogP contribution in [0.25, 0.3) is 88.5 Å². The Morgan fingerprint density at radius 2 is 0.551 bits per heavy atom. The van der Waals surface area contributed by atoms with Crippen LogP contribution < -0.4 is 9.80 Å². The fourth-order valence-corrected chi connectivity index (χ4v) is 11.7. The van der Waals surface area contributed by atoms with Gasteiger partial charge in [-0.25, -0.2) is 9.97 Å². The molecule has 0 fully saturated rings. The van der Waals surface area contributed by atoms with Gasteiger partial charge in [0.05, 0.1) is 44.5 Å². The fourth-order valence-electron chi connectivity index (χ4n) is 11.7. The Morgan fingerprint density at radius 3 is 0.859 bits per heavy atom. The average Bonchev–Trinajstić information content (AvgIpc) is 4.18. The highest BCUT2D eigenvalue weighted by molar-refractivity contribution is 6.10. The molecule has 0 saturated carbocycles. The Bertz CT molecular complexity index is 4090. The molecule has 0 atom stereocenters. The lowest BCUT2D eigenvalue weighted by molar-refractivity contribution is 1.10. The first kappa shape index (κ1) is 46.5. The second-order valence-corrected chi connectivity index (χ2v) is 19.9. The number of para-hydroxylation sites is 6. The third-order valence-electron chi connectivity index (χ3n) is 15.5. The summed E-state index contributed by atoms with van der Waals surface area (Å²) >= 11 is 0. The van der Waals surface area contributed by atoms with Crippen LogP contribution in [0, 0.1) is 0 Å². The van der Waals surface area contributed by atoms with Crippen molar-refractivity contribution < 1.29 is 0 Å². The zero-order valence-corrected chi connectivity index (χ0v) is 43.5. The van der Waals surface area contributed by atoms with E-state index in [1.165, 1.54) is 54.7 Å². The fraction of sp³-hybridized carbons (Fsp3) is 0.0556. The van der Waals surface area contributed by atoms with Crippen molar-refractivity contribution in [1.29, 1.82) is 0 Å². The maximum atomic E-state index is 5.60. The highest BCUT2D eigenvalue weighted by Gasteiger charge is 2.21. The molecule has 0 amide bonds. The van der Waals surface area contributed by atoms with Crippen molar-refractivity contribution in [2.45, 2.75) is 26.7 Å². The van der Waals surface area contributed by atoms with Gasteiger partial charge in [0.2, 0.25) is 0 Å². The van der Waals surface area contributed by atoms with Crippen molar-refractivity contribution in [3.63, 3.8) is 0 Å². The van der Waals surface area contributed by atoms with E-state index in [-0.39, 0.29) is 0 Å². The van der Waals surface area contributed by atoms with Gasteiger partial charge in [0.25, 0.3) is 0 Å². The number of fused-ring (bicyclic) bond motifs is 7. The smallest absolute Gasteiger partial charge is 0.0973 e. The summed E-state index contributed by atoms with van der Waals surface area (Å²) in [4.78, 5) is 15.8. The lowest BCUT2D eigenvalue weighted by Gasteiger charge is -2.26. The summed E-state index contributed by atoms with van der Waals surface area (Å²) in [5.41, 5.74) is 21.4. The van der Waals surface area contributed by atoms with Crippen LogP contribution in [0.2, 0.25) is 0 Å². The topological polar surface area (TPSA) is 42.1 Å². The number of benzene rings is 11. The second kappa shape index (κ2) is 19.6. The lowest BCUT2D eigenvalue weighted by atomic mass is 9.99. The Labute approximate surface area is 454 Å². The van der Waals surface area contributed by atoms with E-state index in [0.717, 1.165) is 91.9 Å². The molecule has 14 rings (SSSR count). The number of aromatic nitrogens is 4. The number of hydrogen-bond acceptors (Lipinski definition) is 4. The standard InChI is InChI=1S/C72H54N6/c1-3-49-31-32-50(4-2)70-69(49)73-71(51-33-37-55(38-34-51)75(53-19-7-5-8-20-53)57-41-45-59(46-42-57)77-65-27-15-11-23-61(65)62-24-12-16-28-66(62)77)72(74-70)52-35-39-56(40-36-52)76(54-21-9-6-10-22-54)58-43-47-60(48-44-58)78-67-29-17-13-25-63(67)64-26-14-18-30-68(64)78/h5-48H,3-4H2,1-2H3. The molecule has 6 heteroatoms. The average molecular weight is 1000 g/mol. The summed E-state index contributed by atoms with van der Waals surface area (Å²) in [7, 11) is 0. The normalized spacial score (nSPS) is 11.6. The van der Waals surface area contributed by atoms with E-state index in [4.69, 9.17) is 9.97 Å². The molecule has 0 aliphatic carbocycles. The minimum absolute atomic E-state index is 0.854. The quantitative estimate of drug-likeness (QED) is 0.122. The third kappa shape index (κ3) is 7.96. The molecule has 0 aliphatic heterocycles. The first-order valence-electron chi connectivity index (χ1n) is 27.0. The zero-order chi connectivity index (χ0) is 52.1. The van der Waals surface area contributed by atoms with E-state index in [1.807, 2.05) is 0 Å². The van der Waals surface area contributed by atoms with Gasteiger partial charge >= 0.3 is 0 Å². The summed E-state index contributed by atoms with van der Waals surface area (Å²) in [5, 5.41) is 5.00. The molecule has 6 nitrogen and oxygen atoms in total. The Kier molecular flexibility index (Phi) is 11.7. The molecule has 0 saturated heterocycles. The molecule has 0 spiro atoms. The monoisotopic (exact) mass is 1000 g/mol. The molecule has 372 valence electrons. The lowest BCUT2D eigenvalue weighted by Crippen LogP contribution is -2.10. The van der Waals surface area contributed by atoms with Gasteiger partial charge in [0.1, 0.15) is 0 Å². The number of hydrogen-bond donors (Lipinski definition) is 0. The van der Waals surface area contributed by atoms with Crippen molar-refractivity contribution in [2.24, 2.45) is 0 Å². The van der Waals surface area contributed by atoms with Crippen molar-refractivity contribution in [3.05, 3.63) is 278 Å². The maximum Gasteiger partial charge on any atom is 0.0973 e. The van der Waals surface area contributed by atoms with Crippen molar-refractivity contribution in [3.8, 4) is 33.9 Å². The Hall–Kier alpha value is -10.0. The number of nitrogens with zero attached hydrogens (tertiary/aromatic N) is 6. The summed E-state index contributed by atoms with van der Waals surface area (Å²) in [5.74, 6) is 0. The van der Waals surface area contributed by atoms with E-state index >= 15 is 0 Å². The molecule has 0 radical (unpaired) electrons. The molecule has 0 N–H and O–H groups in total. The third-order valence-corrected chi connectivity index (χ3v) is 15.5. The zero-order valence-electron chi connectivity index (χ0n) is 43.5. The van der Waals surface area contributed by atoms with E-state index < -0.39 is 0 Å². The minimum atomic E-state index is 0.854. The molecular weight excluding hydrogens is 949 g/mol. The SMILES string of the molecule is CCc1ccc(CC)c2nc(-c3ccc(N(c4ccccc4)c4ccc(-n5c6ccccc6c6ccccc65)cc4)cc3)c(-c3ccc(N(c4ccccc4)c4ccc(-n5c6ccccc6c6ccccc65)cc4)cc3)nc12. The van der Waals surface area contributed by atoms with Gasteiger partial charge in [-0.05, 0) is 145 Å². The largest absolute Gasteiger partial charge is 0.311 e. The van der Waals surface area contributed by atoms with Gasteiger partial charge in [-0.3, -0.25) is 0 Å². The van der Waals surface area contributed by atoms with Crippen LogP contribution in [-0.2, 0) is 12.8 Å². The molecule has 14 aromatic rings. The molecule has 0 unspecified atom stereocenters. The first-order chi connectivity index (χ1) is 38.6. The predicted octanol–water partition coefficient (Wildman–Crippen LogP) is 19.2. The number of aryl methyl sites for hydroxylation is 2. The van der Waals surface area contributed by atoms with Gasteiger partial charge < -0.3 is 18.9 Å². The second-order valence-electron chi connectivity index (χ2n) is 19.9. The van der Waals surface area contributed by atoms with E-state index in [1.54, 1.807) is 0 Å². The molecule has 0 aliphatic rings. The van der Waals surface area contributed by atoms with Crippen molar-refractivity contribution in [1.82, 2.24) is 19.1 Å². The maximum absolute atomic E-state index is 5.60. The minimum Gasteiger partial charge on any atom is -0.311 e. The van der Waals surface area contributed by atoms with Gasteiger partial charge in [-0.15, -0.1) is 0 Å². The van der Waals surface area contributed by atoms with E-state index in [9.17, 15) is 0 Å². The molecule has 0 bridgehead atoms.